The molecule has 1 saturated heterocycles. The maximum absolute atomic E-state index is 12.5. The van der Waals surface area contributed by atoms with Crippen LogP contribution in [0, 0.1) is 11.8 Å². The molecule has 0 spiro atoms. The minimum atomic E-state index is -3.58. The molecule has 1 aliphatic heterocycles. The smallest absolute Gasteiger partial charge is 0.244 e. The van der Waals surface area contributed by atoms with Crippen LogP contribution in [-0.4, -0.2) is 42.6 Å². The Morgan fingerprint density at radius 1 is 1.28 bits per heavy atom. The van der Waals surface area contributed by atoms with E-state index in [9.17, 15) is 18.0 Å². The Hall–Kier alpha value is -2.00. The molecule has 0 atom stereocenters. The van der Waals surface area contributed by atoms with Gasteiger partial charge >= 0.3 is 0 Å². The van der Waals surface area contributed by atoms with Gasteiger partial charge in [0.2, 0.25) is 21.8 Å². The summed E-state index contributed by atoms with van der Waals surface area (Å²) in [5, 5.41) is 0. The maximum Gasteiger partial charge on any atom is 0.244 e. The first-order valence-electron chi connectivity index (χ1n) is 8.29. The molecule has 0 bridgehead atoms. The standard InChI is InChI=1S/C16H24N4O4S/c1-12(2)10-15(21)18-19-16(22)13-5-8-20(9-6-13)25(23,24)14-4-3-7-17-11-14/h3-4,7,11-13H,5-6,8-10H2,1-2H3,(H,18,21)(H,19,22). The molecule has 1 aromatic heterocycles. The van der Waals surface area contributed by atoms with Gasteiger partial charge in [-0.1, -0.05) is 13.8 Å². The summed E-state index contributed by atoms with van der Waals surface area (Å²) >= 11 is 0. The number of sulfonamides is 1. The molecular weight excluding hydrogens is 344 g/mol. The minimum absolute atomic E-state index is 0.152. The van der Waals surface area contributed by atoms with Crippen LogP contribution in [0.2, 0.25) is 0 Å². The lowest BCUT2D eigenvalue weighted by Crippen LogP contribution is -2.48. The van der Waals surface area contributed by atoms with Crippen LogP contribution in [0.4, 0.5) is 0 Å². The van der Waals surface area contributed by atoms with E-state index in [0.717, 1.165) is 0 Å². The molecule has 0 saturated carbocycles. The molecule has 2 rings (SSSR count). The third kappa shape index (κ3) is 5.23. The lowest BCUT2D eigenvalue weighted by atomic mass is 9.98. The van der Waals surface area contributed by atoms with Crippen LogP contribution >= 0.6 is 0 Å². The molecule has 2 amide bonds. The number of hydrazine groups is 1. The van der Waals surface area contributed by atoms with Gasteiger partial charge < -0.3 is 0 Å². The number of amides is 2. The molecule has 0 radical (unpaired) electrons. The Morgan fingerprint density at radius 2 is 1.96 bits per heavy atom. The highest BCUT2D eigenvalue weighted by Crippen LogP contribution is 2.23. The Balaban J connectivity index is 1.85. The molecule has 25 heavy (non-hydrogen) atoms. The summed E-state index contributed by atoms with van der Waals surface area (Å²) in [6.07, 6.45) is 3.99. The molecular formula is C16H24N4O4S. The van der Waals surface area contributed by atoms with Gasteiger partial charge in [-0.3, -0.25) is 25.4 Å². The summed E-state index contributed by atoms with van der Waals surface area (Å²) in [6, 6.07) is 3.08. The van der Waals surface area contributed by atoms with Crippen molar-refractivity contribution in [3.8, 4) is 0 Å². The van der Waals surface area contributed by atoms with Crippen molar-refractivity contribution < 1.29 is 18.0 Å². The van der Waals surface area contributed by atoms with Gasteiger partial charge in [0.25, 0.3) is 0 Å². The van der Waals surface area contributed by atoms with Crippen molar-refractivity contribution in [1.82, 2.24) is 20.1 Å². The number of hydrogen-bond acceptors (Lipinski definition) is 5. The monoisotopic (exact) mass is 368 g/mol. The third-order valence-corrected chi connectivity index (χ3v) is 5.90. The van der Waals surface area contributed by atoms with Crippen molar-refractivity contribution in [2.75, 3.05) is 13.1 Å². The zero-order valence-corrected chi connectivity index (χ0v) is 15.3. The fourth-order valence-electron chi connectivity index (χ4n) is 2.66. The SMILES string of the molecule is CC(C)CC(=O)NNC(=O)C1CCN(S(=O)(=O)c2cccnc2)CC1. The van der Waals surface area contributed by atoms with E-state index in [-0.39, 0.29) is 41.6 Å². The van der Waals surface area contributed by atoms with E-state index in [2.05, 4.69) is 15.8 Å². The van der Waals surface area contributed by atoms with Gasteiger partial charge in [0.1, 0.15) is 4.90 Å². The maximum atomic E-state index is 12.5. The van der Waals surface area contributed by atoms with E-state index < -0.39 is 10.0 Å². The first-order chi connectivity index (χ1) is 11.8. The zero-order valence-electron chi connectivity index (χ0n) is 14.4. The first kappa shape index (κ1) is 19.3. The Morgan fingerprint density at radius 3 is 2.52 bits per heavy atom. The van der Waals surface area contributed by atoms with E-state index in [1.165, 1.54) is 22.8 Å². The van der Waals surface area contributed by atoms with E-state index in [1.54, 1.807) is 6.07 Å². The van der Waals surface area contributed by atoms with Crippen LogP contribution in [0.25, 0.3) is 0 Å². The van der Waals surface area contributed by atoms with Crippen LogP contribution in [-0.2, 0) is 19.6 Å². The average molecular weight is 368 g/mol. The fraction of sp³-hybridized carbons (Fsp3) is 0.562. The number of nitrogens with zero attached hydrogens (tertiary/aromatic N) is 2. The lowest BCUT2D eigenvalue weighted by Gasteiger charge is -2.30. The van der Waals surface area contributed by atoms with E-state index >= 15 is 0 Å². The van der Waals surface area contributed by atoms with Gasteiger partial charge in [0, 0.05) is 37.8 Å². The van der Waals surface area contributed by atoms with Crippen LogP contribution in [0.15, 0.2) is 29.4 Å². The molecule has 2 heterocycles. The second kappa shape index (κ2) is 8.39. The highest BCUT2D eigenvalue weighted by atomic mass is 32.2. The number of carbonyl (C=O) groups excluding carboxylic acids is 2. The quantitative estimate of drug-likeness (QED) is 0.743. The van der Waals surface area contributed by atoms with Gasteiger partial charge in [0.05, 0.1) is 0 Å². The highest BCUT2D eigenvalue weighted by molar-refractivity contribution is 7.89. The largest absolute Gasteiger partial charge is 0.273 e. The van der Waals surface area contributed by atoms with E-state index in [1.807, 2.05) is 13.8 Å². The first-order valence-corrected chi connectivity index (χ1v) is 9.73. The second-order valence-corrected chi connectivity index (χ2v) is 8.44. The summed E-state index contributed by atoms with van der Waals surface area (Å²) in [6.45, 7) is 4.35. The van der Waals surface area contributed by atoms with Gasteiger partial charge in [-0.15, -0.1) is 0 Å². The molecule has 8 nitrogen and oxygen atoms in total. The fourth-order valence-corrected chi connectivity index (χ4v) is 4.10. The van der Waals surface area contributed by atoms with Gasteiger partial charge in [-0.25, -0.2) is 8.42 Å². The number of piperidine rings is 1. The number of carbonyl (C=O) groups is 2. The molecule has 0 aliphatic carbocycles. The Labute approximate surface area is 148 Å². The average Bonchev–Trinajstić information content (AvgIpc) is 2.60. The summed E-state index contributed by atoms with van der Waals surface area (Å²) in [5.41, 5.74) is 4.83. The van der Waals surface area contributed by atoms with Crippen molar-refractivity contribution in [3.05, 3.63) is 24.5 Å². The molecule has 1 fully saturated rings. The van der Waals surface area contributed by atoms with E-state index in [4.69, 9.17) is 0 Å². The van der Waals surface area contributed by atoms with Crippen molar-refractivity contribution in [1.29, 1.82) is 0 Å². The number of aromatic nitrogens is 1. The number of pyridine rings is 1. The minimum Gasteiger partial charge on any atom is -0.273 e. The molecule has 9 heteroatoms. The molecule has 2 N–H and O–H groups in total. The normalized spacial score (nSPS) is 16.6. The van der Waals surface area contributed by atoms with Crippen LogP contribution in [0.1, 0.15) is 33.1 Å². The van der Waals surface area contributed by atoms with Crippen molar-refractivity contribution >= 4 is 21.8 Å². The lowest BCUT2D eigenvalue weighted by molar-refractivity contribution is -0.132. The summed E-state index contributed by atoms with van der Waals surface area (Å²) in [7, 11) is -3.58. The molecule has 1 aromatic rings. The van der Waals surface area contributed by atoms with Crippen LogP contribution in [0.5, 0.6) is 0 Å². The molecule has 0 aromatic carbocycles. The molecule has 138 valence electrons. The summed E-state index contributed by atoms with van der Waals surface area (Å²) < 4.78 is 26.4. The second-order valence-electron chi connectivity index (χ2n) is 6.50. The predicted molar refractivity (Wildman–Crippen MR) is 91.5 cm³/mol. The number of rotatable bonds is 5. The van der Waals surface area contributed by atoms with Gasteiger partial charge in [-0.05, 0) is 30.9 Å². The zero-order chi connectivity index (χ0) is 18.4. The Bertz CT molecular complexity index is 698. The summed E-state index contributed by atoms with van der Waals surface area (Å²) in [4.78, 5) is 27.7. The van der Waals surface area contributed by atoms with Crippen LogP contribution in [0.3, 0.4) is 0 Å². The van der Waals surface area contributed by atoms with Crippen molar-refractivity contribution in [3.63, 3.8) is 0 Å². The topological polar surface area (TPSA) is 108 Å². The predicted octanol–water partition coefficient (Wildman–Crippen LogP) is 0.676. The molecule has 1 aliphatic rings. The van der Waals surface area contributed by atoms with E-state index in [0.29, 0.717) is 19.3 Å². The number of nitrogens with one attached hydrogen (secondary N) is 2. The summed E-state index contributed by atoms with van der Waals surface area (Å²) in [5.74, 6) is -0.631. The van der Waals surface area contributed by atoms with Crippen molar-refractivity contribution in [2.24, 2.45) is 11.8 Å². The highest BCUT2D eigenvalue weighted by Gasteiger charge is 2.32. The molecule has 0 unspecified atom stereocenters. The Kier molecular flexibility index (Phi) is 6.49. The van der Waals surface area contributed by atoms with Gasteiger partial charge in [0.15, 0.2) is 0 Å². The number of hydrogen-bond donors (Lipinski definition) is 2. The van der Waals surface area contributed by atoms with Gasteiger partial charge in [-0.2, -0.15) is 4.31 Å². The van der Waals surface area contributed by atoms with Crippen LogP contribution < -0.4 is 10.9 Å². The third-order valence-electron chi connectivity index (χ3n) is 4.02. The van der Waals surface area contributed by atoms with Crippen molar-refractivity contribution in [2.45, 2.75) is 38.0 Å².